The zero-order valence-corrected chi connectivity index (χ0v) is 11.9. The van der Waals surface area contributed by atoms with Gasteiger partial charge in [-0.15, -0.1) is 0 Å². The van der Waals surface area contributed by atoms with Crippen molar-refractivity contribution in [1.82, 2.24) is 9.97 Å². The van der Waals surface area contributed by atoms with Crippen molar-refractivity contribution >= 4 is 5.97 Å². The quantitative estimate of drug-likeness (QED) is 0.930. The molecule has 0 aliphatic heterocycles. The first-order valence-corrected chi connectivity index (χ1v) is 6.17. The molecule has 0 spiro atoms. The van der Waals surface area contributed by atoms with Gasteiger partial charge in [0.1, 0.15) is 11.6 Å². The zero-order chi connectivity index (χ0) is 14.9. The van der Waals surface area contributed by atoms with E-state index in [0.717, 1.165) is 16.7 Å². The molecule has 2 aromatic rings. The lowest BCUT2D eigenvalue weighted by Crippen LogP contribution is -2.05. The van der Waals surface area contributed by atoms with E-state index in [2.05, 4.69) is 9.97 Å². The van der Waals surface area contributed by atoms with Gasteiger partial charge >= 0.3 is 5.97 Å². The van der Waals surface area contributed by atoms with Crippen molar-refractivity contribution in [2.75, 3.05) is 7.11 Å². The van der Waals surface area contributed by atoms with Crippen molar-refractivity contribution in [1.29, 1.82) is 0 Å². The number of rotatable bonds is 3. The van der Waals surface area contributed by atoms with Crippen molar-refractivity contribution in [3.63, 3.8) is 0 Å². The Labute approximate surface area is 117 Å². The Morgan fingerprint density at radius 3 is 2.35 bits per heavy atom. The summed E-state index contributed by atoms with van der Waals surface area (Å²) in [6.07, 6.45) is 0. The van der Waals surface area contributed by atoms with Crippen molar-refractivity contribution in [2.24, 2.45) is 0 Å². The molecule has 1 heterocycles. The Balaban J connectivity index is 2.67. The normalized spacial score (nSPS) is 10.4. The van der Waals surface area contributed by atoms with Crippen molar-refractivity contribution in [3.8, 4) is 17.0 Å². The lowest BCUT2D eigenvalue weighted by atomic mass is 10.0. The first-order valence-electron chi connectivity index (χ1n) is 6.17. The first-order chi connectivity index (χ1) is 9.42. The Bertz CT molecular complexity index is 681. The van der Waals surface area contributed by atoms with Crippen LogP contribution >= 0.6 is 0 Å². The maximum Gasteiger partial charge on any atom is 0.354 e. The summed E-state index contributed by atoms with van der Waals surface area (Å²) < 4.78 is 5.37. The predicted molar refractivity (Wildman–Crippen MR) is 75.2 cm³/mol. The van der Waals surface area contributed by atoms with Crippen LogP contribution in [0.15, 0.2) is 18.2 Å². The molecule has 0 aliphatic carbocycles. The molecule has 0 fully saturated rings. The maximum absolute atomic E-state index is 11.1. The lowest BCUT2D eigenvalue weighted by molar-refractivity contribution is 0.0690. The van der Waals surface area contributed by atoms with Gasteiger partial charge < -0.3 is 9.84 Å². The third-order valence-corrected chi connectivity index (χ3v) is 3.15. The second-order valence-corrected chi connectivity index (χ2v) is 4.63. The summed E-state index contributed by atoms with van der Waals surface area (Å²) in [6, 6.07) is 5.33. The Morgan fingerprint density at radius 2 is 1.75 bits per heavy atom. The van der Waals surface area contributed by atoms with Crippen molar-refractivity contribution < 1.29 is 14.6 Å². The largest absolute Gasteiger partial charge is 0.496 e. The van der Waals surface area contributed by atoms with E-state index in [9.17, 15) is 4.79 Å². The van der Waals surface area contributed by atoms with Crippen LogP contribution in [0.25, 0.3) is 11.3 Å². The second-order valence-electron chi connectivity index (χ2n) is 4.63. The number of ether oxygens (including phenoxy) is 1. The van der Waals surface area contributed by atoms with Gasteiger partial charge in [-0.25, -0.2) is 14.8 Å². The van der Waals surface area contributed by atoms with Crippen LogP contribution in [-0.4, -0.2) is 28.2 Å². The van der Waals surface area contributed by atoms with E-state index in [1.54, 1.807) is 14.0 Å². The third kappa shape index (κ3) is 2.61. The molecule has 0 unspecified atom stereocenters. The predicted octanol–water partition coefficient (Wildman–Crippen LogP) is 2.78. The van der Waals surface area contributed by atoms with Gasteiger partial charge in [0.15, 0.2) is 5.69 Å². The molecule has 1 aromatic heterocycles. The molecule has 20 heavy (non-hydrogen) atoms. The highest BCUT2D eigenvalue weighted by Crippen LogP contribution is 2.31. The molecule has 0 saturated carbocycles. The Kier molecular flexibility index (Phi) is 3.70. The van der Waals surface area contributed by atoms with E-state index < -0.39 is 5.97 Å². The molecule has 5 nitrogen and oxygen atoms in total. The van der Waals surface area contributed by atoms with Gasteiger partial charge in [-0.3, -0.25) is 0 Å². The van der Waals surface area contributed by atoms with Gasteiger partial charge in [0, 0.05) is 5.56 Å². The van der Waals surface area contributed by atoms with Gasteiger partial charge in [0.05, 0.1) is 12.8 Å². The average molecular weight is 272 g/mol. The van der Waals surface area contributed by atoms with Gasteiger partial charge in [-0.2, -0.15) is 0 Å². The number of aromatic nitrogens is 2. The number of carboxylic acid groups (broad SMARTS) is 1. The summed E-state index contributed by atoms with van der Waals surface area (Å²) in [4.78, 5) is 19.3. The van der Waals surface area contributed by atoms with E-state index in [1.807, 2.05) is 26.0 Å². The zero-order valence-electron chi connectivity index (χ0n) is 11.9. The number of carbonyl (C=O) groups is 1. The van der Waals surface area contributed by atoms with Gasteiger partial charge in [0.25, 0.3) is 0 Å². The summed E-state index contributed by atoms with van der Waals surface area (Å²) >= 11 is 0. The van der Waals surface area contributed by atoms with Crippen LogP contribution in [0.5, 0.6) is 5.75 Å². The summed E-state index contributed by atoms with van der Waals surface area (Å²) in [6.45, 7) is 5.66. The highest BCUT2D eigenvalue weighted by atomic mass is 16.5. The molecule has 0 aliphatic rings. The lowest BCUT2D eigenvalue weighted by Gasteiger charge is -2.12. The summed E-state index contributed by atoms with van der Waals surface area (Å²) in [7, 11) is 1.58. The van der Waals surface area contributed by atoms with Gasteiger partial charge in [0.2, 0.25) is 0 Å². The average Bonchev–Trinajstić information content (AvgIpc) is 2.40. The molecule has 0 saturated heterocycles. The van der Waals surface area contributed by atoms with E-state index in [4.69, 9.17) is 9.84 Å². The van der Waals surface area contributed by atoms with E-state index in [-0.39, 0.29) is 5.69 Å². The number of benzene rings is 1. The Morgan fingerprint density at radius 1 is 1.10 bits per heavy atom. The summed E-state index contributed by atoms with van der Waals surface area (Å²) in [5.74, 6) is 0.0160. The Hall–Kier alpha value is -2.43. The molecule has 2 rings (SSSR count). The molecule has 104 valence electrons. The number of hydrogen-bond donors (Lipinski definition) is 1. The summed E-state index contributed by atoms with van der Waals surface area (Å²) in [5, 5.41) is 9.08. The highest BCUT2D eigenvalue weighted by molar-refractivity contribution is 5.87. The minimum absolute atomic E-state index is 0.0206. The SMILES string of the molecule is COc1cc(C)c(C)cc1-c1cc(C(=O)O)nc(C)n1. The number of carboxylic acids is 1. The molecular formula is C15H16N2O3. The second kappa shape index (κ2) is 5.28. The topological polar surface area (TPSA) is 72.3 Å². The molecule has 1 N–H and O–H groups in total. The third-order valence-electron chi connectivity index (χ3n) is 3.15. The van der Waals surface area contributed by atoms with Crippen molar-refractivity contribution in [2.45, 2.75) is 20.8 Å². The fourth-order valence-corrected chi connectivity index (χ4v) is 1.97. The minimum Gasteiger partial charge on any atom is -0.496 e. The van der Waals surface area contributed by atoms with Crippen LogP contribution in [-0.2, 0) is 0 Å². The molecule has 0 bridgehead atoms. The highest BCUT2D eigenvalue weighted by Gasteiger charge is 2.14. The molecular weight excluding hydrogens is 256 g/mol. The fraction of sp³-hybridized carbons (Fsp3) is 0.267. The van der Waals surface area contributed by atoms with E-state index >= 15 is 0 Å². The van der Waals surface area contributed by atoms with E-state index in [1.165, 1.54) is 6.07 Å². The number of aryl methyl sites for hydroxylation is 3. The van der Waals surface area contributed by atoms with Crippen molar-refractivity contribution in [3.05, 3.63) is 40.8 Å². The number of aromatic carboxylic acids is 1. The van der Waals surface area contributed by atoms with Crippen LogP contribution in [0.1, 0.15) is 27.4 Å². The van der Waals surface area contributed by atoms with Crippen LogP contribution < -0.4 is 4.74 Å². The van der Waals surface area contributed by atoms with Gasteiger partial charge in [-0.05, 0) is 50.1 Å². The first kappa shape index (κ1) is 14.0. The van der Waals surface area contributed by atoms with Crippen LogP contribution in [0.4, 0.5) is 0 Å². The van der Waals surface area contributed by atoms with Gasteiger partial charge in [-0.1, -0.05) is 0 Å². The standard InChI is InChI=1S/C15H16N2O3/c1-8-5-11(14(20-4)6-9(8)2)12-7-13(15(18)19)17-10(3)16-12/h5-7H,1-4H3,(H,18,19). The monoisotopic (exact) mass is 272 g/mol. The molecule has 0 radical (unpaired) electrons. The smallest absolute Gasteiger partial charge is 0.354 e. The number of methoxy groups -OCH3 is 1. The molecule has 5 heteroatoms. The van der Waals surface area contributed by atoms with Crippen LogP contribution in [0.3, 0.4) is 0 Å². The van der Waals surface area contributed by atoms with Crippen LogP contribution in [0.2, 0.25) is 0 Å². The fourth-order valence-electron chi connectivity index (χ4n) is 1.97. The van der Waals surface area contributed by atoms with Crippen LogP contribution in [0, 0.1) is 20.8 Å². The summed E-state index contributed by atoms with van der Waals surface area (Å²) in [5.41, 5.74) is 3.50. The number of hydrogen-bond acceptors (Lipinski definition) is 4. The molecule has 1 aromatic carbocycles. The maximum atomic E-state index is 11.1. The molecule has 0 amide bonds. The molecule has 0 atom stereocenters. The minimum atomic E-state index is -1.07. The number of nitrogens with zero attached hydrogens (tertiary/aromatic N) is 2. The van der Waals surface area contributed by atoms with E-state index in [0.29, 0.717) is 17.3 Å².